The molecule has 1 atom stereocenters. The first-order chi connectivity index (χ1) is 7.55. The lowest BCUT2D eigenvalue weighted by atomic mass is 10.0. The van der Waals surface area contributed by atoms with Gasteiger partial charge in [-0.15, -0.1) is 0 Å². The fourth-order valence-corrected chi connectivity index (χ4v) is 1.47. The van der Waals surface area contributed by atoms with Crippen LogP contribution in [0.15, 0.2) is 0 Å². The first-order valence-corrected chi connectivity index (χ1v) is 5.31. The molecule has 7 heteroatoms. The molecule has 0 aliphatic heterocycles. The van der Waals surface area contributed by atoms with Crippen LogP contribution in [0.5, 0.6) is 0 Å². The molecule has 0 aliphatic carbocycles. The predicted octanol–water partition coefficient (Wildman–Crippen LogP) is 1.75. The minimum atomic E-state index is -4.55. The summed E-state index contributed by atoms with van der Waals surface area (Å²) in [5, 5.41) is 3.96. The fraction of sp³-hybridized carbons (Fsp3) is 0.800. The van der Waals surface area contributed by atoms with Crippen LogP contribution in [0.3, 0.4) is 0 Å². The van der Waals surface area contributed by atoms with Gasteiger partial charge in [-0.3, -0.25) is 4.68 Å². The molecular formula is C10H17F3N4. The van der Waals surface area contributed by atoms with Crippen LogP contribution in [0.25, 0.3) is 0 Å². The van der Waals surface area contributed by atoms with Crippen molar-refractivity contribution in [2.75, 3.05) is 0 Å². The Kier molecular flexibility index (Phi) is 3.52. The molecule has 1 heterocycles. The van der Waals surface area contributed by atoms with Gasteiger partial charge in [0.2, 0.25) is 0 Å². The van der Waals surface area contributed by atoms with Crippen molar-refractivity contribution in [3.8, 4) is 0 Å². The summed E-state index contributed by atoms with van der Waals surface area (Å²) in [6.07, 6.45) is -4.02. The van der Waals surface area contributed by atoms with Gasteiger partial charge in [0.15, 0.2) is 17.2 Å². The third kappa shape index (κ3) is 2.77. The number of hydrogen-bond acceptors (Lipinski definition) is 3. The van der Waals surface area contributed by atoms with Gasteiger partial charge in [0, 0.05) is 13.5 Å². The molecule has 1 rings (SSSR count). The summed E-state index contributed by atoms with van der Waals surface area (Å²) >= 11 is 0. The van der Waals surface area contributed by atoms with E-state index in [2.05, 4.69) is 10.1 Å². The van der Waals surface area contributed by atoms with Crippen molar-refractivity contribution in [2.24, 2.45) is 18.7 Å². The van der Waals surface area contributed by atoms with Gasteiger partial charge in [0.05, 0.1) is 0 Å². The fourth-order valence-electron chi connectivity index (χ4n) is 1.47. The highest BCUT2D eigenvalue weighted by atomic mass is 19.4. The van der Waals surface area contributed by atoms with Crippen molar-refractivity contribution in [2.45, 2.75) is 38.9 Å². The first kappa shape index (κ1) is 14.0. The van der Waals surface area contributed by atoms with Gasteiger partial charge in [-0.1, -0.05) is 13.8 Å². The molecule has 4 nitrogen and oxygen atoms in total. The maximum atomic E-state index is 12.8. The second kappa shape index (κ2) is 4.29. The average molecular weight is 250 g/mol. The highest BCUT2D eigenvalue weighted by Crippen LogP contribution is 2.35. The zero-order valence-corrected chi connectivity index (χ0v) is 10.3. The van der Waals surface area contributed by atoms with Gasteiger partial charge >= 0.3 is 6.18 Å². The molecule has 0 saturated carbocycles. The van der Waals surface area contributed by atoms with E-state index in [1.54, 1.807) is 0 Å². The Morgan fingerprint density at radius 2 is 1.88 bits per heavy atom. The number of aryl methyl sites for hydroxylation is 1. The molecular weight excluding hydrogens is 233 g/mol. The van der Waals surface area contributed by atoms with Crippen molar-refractivity contribution in [1.82, 2.24) is 14.8 Å². The molecule has 98 valence electrons. The molecule has 0 fully saturated rings. The summed E-state index contributed by atoms with van der Waals surface area (Å²) in [5.74, 6) is 0.402. The molecule has 0 radical (unpaired) electrons. The van der Waals surface area contributed by atoms with Gasteiger partial charge in [-0.05, 0) is 12.8 Å². The van der Waals surface area contributed by atoms with Gasteiger partial charge in [-0.25, -0.2) is 4.98 Å². The minimum absolute atomic E-state index is 0.263. The average Bonchev–Trinajstić information content (AvgIpc) is 2.43. The van der Waals surface area contributed by atoms with E-state index in [9.17, 15) is 13.2 Å². The summed E-state index contributed by atoms with van der Waals surface area (Å²) in [4.78, 5) is 3.89. The van der Waals surface area contributed by atoms with Crippen molar-refractivity contribution in [1.29, 1.82) is 0 Å². The van der Waals surface area contributed by atoms with Crippen LogP contribution in [-0.4, -0.2) is 20.9 Å². The Morgan fingerprint density at radius 1 is 1.35 bits per heavy atom. The summed E-state index contributed by atoms with van der Waals surface area (Å²) < 4.78 is 39.4. The van der Waals surface area contributed by atoms with Gasteiger partial charge in [-0.2, -0.15) is 18.3 Å². The second-order valence-corrected chi connectivity index (χ2v) is 4.77. The molecule has 0 spiro atoms. The first-order valence-electron chi connectivity index (χ1n) is 5.31. The number of nitrogens with zero attached hydrogens (tertiary/aromatic N) is 3. The van der Waals surface area contributed by atoms with Crippen molar-refractivity contribution in [3.05, 3.63) is 11.6 Å². The predicted molar refractivity (Wildman–Crippen MR) is 57.1 cm³/mol. The number of hydrogen-bond donors (Lipinski definition) is 1. The quantitative estimate of drug-likeness (QED) is 0.889. The van der Waals surface area contributed by atoms with Crippen molar-refractivity contribution in [3.63, 3.8) is 0 Å². The molecule has 17 heavy (non-hydrogen) atoms. The van der Waals surface area contributed by atoms with Crippen molar-refractivity contribution >= 4 is 0 Å². The molecule has 0 aromatic carbocycles. The van der Waals surface area contributed by atoms with E-state index in [4.69, 9.17) is 5.73 Å². The van der Waals surface area contributed by atoms with Crippen LogP contribution in [0.2, 0.25) is 0 Å². The van der Waals surface area contributed by atoms with E-state index >= 15 is 0 Å². The Labute approximate surface area is 98.0 Å². The van der Waals surface area contributed by atoms with Crippen LogP contribution < -0.4 is 5.73 Å². The third-order valence-electron chi connectivity index (χ3n) is 2.45. The van der Waals surface area contributed by atoms with Gasteiger partial charge in [0.1, 0.15) is 0 Å². The Morgan fingerprint density at radius 3 is 2.29 bits per heavy atom. The van der Waals surface area contributed by atoms with E-state index in [0.717, 1.165) is 11.6 Å². The monoisotopic (exact) mass is 250 g/mol. The Hall–Kier alpha value is -1.11. The molecule has 0 amide bonds. The van der Waals surface area contributed by atoms with Crippen LogP contribution >= 0.6 is 0 Å². The van der Waals surface area contributed by atoms with Crippen LogP contribution in [0.1, 0.15) is 32.4 Å². The van der Waals surface area contributed by atoms with Crippen LogP contribution in [0, 0.1) is 5.92 Å². The standard InChI is InChI=1S/C10H17F3N4/c1-6(2)5-7-15-8(17(4)16-7)9(3,14)10(11,12)13/h6H,5,14H2,1-4H3. The van der Waals surface area contributed by atoms with Gasteiger partial charge in [0.25, 0.3) is 0 Å². The summed E-state index contributed by atoms with van der Waals surface area (Å²) in [5.41, 5.74) is 2.83. The molecule has 0 saturated heterocycles. The third-order valence-corrected chi connectivity index (χ3v) is 2.45. The lowest BCUT2D eigenvalue weighted by Gasteiger charge is -2.25. The van der Waals surface area contributed by atoms with Crippen LogP contribution in [0.4, 0.5) is 13.2 Å². The largest absolute Gasteiger partial charge is 0.413 e. The number of alkyl halides is 3. The van der Waals surface area contributed by atoms with E-state index in [-0.39, 0.29) is 11.7 Å². The lowest BCUT2D eigenvalue weighted by molar-refractivity contribution is -0.187. The van der Waals surface area contributed by atoms with E-state index in [0.29, 0.717) is 12.2 Å². The second-order valence-electron chi connectivity index (χ2n) is 4.77. The number of nitrogens with two attached hydrogens (primary N) is 1. The van der Waals surface area contributed by atoms with E-state index in [1.807, 2.05) is 13.8 Å². The molecule has 1 unspecified atom stereocenters. The molecule has 2 N–H and O–H groups in total. The van der Waals surface area contributed by atoms with Crippen LogP contribution in [-0.2, 0) is 19.0 Å². The minimum Gasteiger partial charge on any atom is -0.311 e. The molecule has 1 aromatic rings. The maximum absolute atomic E-state index is 12.8. The molecule has 0 bridgehead atoms. The zero-order chi connectivity index (χ0) is 13.4. The maximum Gasteiger partial charge on any atom is 0.413 e. The summed E-state index contributed by atoms with van der Waals surface area (Å²) in [7, 11) is 1.42. The topological polar surface area (TPSA) is 56.7 Å². The highest BCUT2D eigenvalue weighted by molar-refractivity contribution is 5.09. The summed E-state index contributed by atoms with van der Waals surface area (Å²) in [6.45, 7) is 4.79. The molecule has 0 aliphatic rings. The zero-order valence-electron chi connectivity index (χ0n) is 10.3. The smallest absolute Gasteiger partial charge is 0.311 e. The Balaban J connectivity index is 3.11. The van der Waals surface area contributed by atoms with Gasteiger partial charge < -0.3 is 5.73 Å². The number of rotatable bonds is 3. The SMILES string of the molecule is CC(C)Cc1nc(C(C)(N)C(F)(F)F)n(C)n1. The molecule has 1 aromatic heterocycles. The highest BCUT2D eigenvalue weighted by Gasteiger charge is 2.52. The normalized spacial score (nSPS) is 16.3. The van der Waals surface area contributed by atoms with E-state index in [1.165, 1.54) is 7.05 Å². The summed E-state index contributed by atoms with van der Waals surface area (Å²) in [6, 6.07) is 0. The number of halogens is 3. The van der Waals surface area contributed by atoms with E-state index < -0.39 is 11.7 Å². The Bertz CT molecular complexity index is 393. The number of aromatic nitrogens is 3. The lowest BCUT2D eigenvalue weighted by Crippen LogP contribution is -2.49. The van der Waals surface area contributed by atoms with Crippen molar-refractivity contribution < 1.29 is 13.2 Å².